The van der Waals surface area contributed by atoms with Crippen LogP contribution < -0.4 is 0 Å². The van der Waals surface area contributed by atoms with E-state index in [9.17, 15) is 8.42 Å². The average Bonchev–Trinajstić information content (AvgIpc) is 2.12. The van der Waals surface area contributed by atoms with Gasteiger partial charge in [-0.25, -0.2) is 4.98 Å². The van der Waals surface area contributed by atoms with Gasteiger partial charge in [0.15, 0.2) is 0 Å². The first-order valence-electron chi connectivity index (χ1n) is 4.55. The lowest BCUT2D eigenvalue weighted by molar-refractivity contribution is 0.481. The van der Waals surface area contributed by atoms with Crippen LogP contribution in [0.2, 0.25) is 0 Å². The van der Waals surface area contributed by atoms with E-state index in [1.165, 1.54) is 0 Å². The zero-order valence-corrected chi connectivity index (χ0v) is 10.0. The van der Waals surface area contributed by atoms with Crippen molar-refractivity contribution in [1.29, 1.82) is 0 Å². The van der Waals surface area contributed by atoms with Gasteiger partial charge in [-0.1, -0.05) is 13.0 Å². The summed E-state index contributed by atoms with van der Waals surface area (Å²) in [6.07, 6.45) is 1.04. The van der Waals surface area contributed by atoms with E-state index >= 15 is 0 Å². The summed E-state index contributed by atoms with van der Waals surface area (Å²) in [5.74, 6) is 0.524. The molecule has 1 heterocycles. The zero-order valence-electron chi connectivity index (χ0n) is 8.38. The van der Waals surface area contributed by atoms with Gasteiger partial charge in [-0.05, 0) is 24.3 Å². The molecule has 0 radical (unpaired) electrons. The predicted molar refractivity (Wildman–Crippen MR) is 60.5 cm³/mol. The van der Waals surface area contributed by atoms with E-state index in [0.717, 1.165) is 17.2 Å². The van der Waals surface area contributed by atoms with Crippen LogP contribution >= 0.6 is 11.8 Å². The molecule has 0 bridgehead atoms. The maximum absolute atomic E-state index is 10.6. The van der Waals surface area contributed by atoms with Gasteiger partial charge >= 0.3 is 0 Å². The average molecular weight is 247 g/mol. The molecule has 0 aromatic carbocycles. The lowest BCUT2D eigenvalue weighted by Gasteiger charge is -2.01. The molecule has 84 valence electrons. The largest absolute Gasteiger partial charge is 0.285 e. The van der Waals surface area contributed by atoms with Crippen LogP contribution in [0.25, 0.3) is 0 Å². The van der Waals surface area contributed by atoms with Gasteiger partial charge < -0.3 is 0 Å². The summed E-state index contributed by atoms with van der Waals surface area (Å²) in [5.41, 5.74) is 0.374. The van der Waals surface area contributed by atoms with Gasteiger partial charge in [0.2, 0.25) is 0 Å². The van der Waals surface area contributed by atoms with Crippen molar-refractivity contribution in [2.45, 2.75) is 24.1 Å². The Balaban J connectivity index is 2.74. The summed E-state index contributed by atoms with van der Waals surface area (Å²) in [6.45, 7) is 2.06. The van der Waals surface area contributed by atoms with E-state index in [1.54, 1.807) is 23.9 Å². The van der Waals surface area contributed by atoms with Crippen LogP contribution in [0.5, 0.6) is 0 Å². The minimum atomic E-state index is -3.99. The topological polar surface area (TPSA) is 67.3 Å². The second kappa shape index (κ2) is 5.48. The number of pyridine rings is 1. The third kappa shape index (κ3) is 5.15. The summed E-state index contributed by atoms with van der Waals surface area (Å²) in [7, 11) is -3.99. The monoisotopic (exact) mass is 247 g/mol. The van der Waals surface area contributed by atoms with Crippen molar-refractivity contribution < 1.29 is 13.0 Å². The van der Waals surface area contributed by atoms with Gasteiger partial charge in [-0.15, -0.1) is 11.8 Å². The first kappa shape index (κ1) is 12.5. The standard InChI is InChI=1S/C9H13NO3S2/c1-2-6-14-9-5-3-4-8(10-9)7-15(11,12)13/h3-5H,2,6-7H2,1H3,(H,11,12,13). The first-order valence-corrected chi connectivity index (χ1v) is 7.14. The molecule has 0 aliphatic rings. The van der Waals surface area contributed by atoms with Crippen LogP contribution in [0.3, 0.4) is 0 Å². The third-order valence-electron chi connectivity index (χ3n) is 1.57. The zero-order chi connectivity index (χ0) is 11.3. The second-order valence-electron chi connectivity index (χ2n) is 3.04. The summed E-state index contributed by atoms with van der Waals surface area (Å²) < 4.78 is 29.9. The van der Waals surface area contributed by atoms with Crippen LogP contribution in [0.1, 0.15) is 19.0 Å². The second-order valence-corrected chi connectivity index (χ2v) is 5.61. The molecule has 1 aromatic rings. The number of nitrogens with zero attached hydrogens (tertiary/aromatic N) is 1. The molecule has 0 spiro atoms. The van der Waals surface area contributed by atoms with E-state index in [1.807, 2.05) is 6.07 Å². The van der Waals surface area contributed by atoms with Crippen molar-refractivity contribution in [3.8, 4) is 0 Å². The number of rotatable bonds is 5. The van der Waals surface area contributed by atoms with Crippen molar-refractivity contribution in [1.82, 2.24) is 4.98 Å². The Morgan fingerprint density at radius 1 is 1.47 bits per heavy atom. The molecule has 0 unspecified atom stereocenters. The third-order valence-corrected chi connectivity index (χ3v) is 3.36. The molecule has 15 heavy (non-hydrogen) atoms. The lowest BCUT2D eigenvalue weighted by Crippen LogP contribution is -2.03. The Bertz CT molecular complexity index is 417. The molecule has 4 nitrogen and oxygen atoms in total. The van der Waals surface area contributed by atoms with E-state index in [0.29, 0.717) is 5.69 Å². The van der Waals surface area contributed by atoms with Gasteiger partial charge in [0.1, 0.15) is 5.75 Å². The van der Waals surface area contributed by atoms with Crippen molar-refractivity contribution in [3.05, 3.63) is 23.9 Å². The van der Waals surface area contributed by atoms with Gasteiger partial charge in [0.05, 0.1) is 10.7 Å². The summed E-state index contributed by atoms with van der Waals surface area (Å²) in [4.78, 5) is 4.12. The molecule has 0 aliphatic heterocycles. The van der Waals surface area contributed by atoms with E-state index in [2.05, 4.69) is 11.9 Å². The quantitative estimate of drug-likeness (QED) is 0.636. The molecule has 1 aromatic heterocycles. The Morgan fingerprint density at radius 2 is 2.20 bits per heavy atom. The highest BCUT2D eigenvalue weighted by molar-refractivity contribution is 7.99. The highest BCUT2D eigenvalue weighted by atomic mass is 32.2. The van der Waals surface area contributed by atoms with Gasteiger partial charge in [-0.3, -0.25) is 4.55 Å². The normalized spacial score (nSPS) is 11.6. The lowest BCUT2D eigenvalue weighted by atomic mass is 10.4. The highest BCUT2D eigenvalue weighted by Gasteiger charge is 2.08. The Morgan fingerprint density at radius 3 is 2.80 bits per heavy atom. The molecule has 0 aliphatic carbocycles. The summed E-state index contributed by atoms with van der Waals surface area (Å²) >= 11 is 1.57. The van der Waals surface area contributed by atoms with E-state index in [-0.39, 0.29) is 0 Å². The molecule has 0 fully saturated rings. The van der Waals surface area contributed by atoms with Crippen LogP contribution in [0.4, 0.5) is 0 Å². The molecular weight excluding hydrogens is 234 g/mol. The molecule has 0 atom stereocenters. The Labute approximate surface area is 93.9 Å². The van der Waals surface area contributed by atoms with Crippen molar-refractivity contribution in [3.63, 3.8) is 0 Å². The van der Waals surface area contributed by atoms with Crippen molar-refractivity contribution in [2.75, 3.05) is 5.75 Å². The fourth-order valence-corrected chi connectivity index (χ4v) is 2.32. The van der Waals surface area contributed by atoms with E-state index < -0.39 is 15.9 Å². The predicted octanol–water partition coefficient (Wildman–Crippen LogP) is 1.97. The smallest absolute Gasteiger partial charge is 0.270 e. The number of thioether (sulfide) groups is 1. The number of hydrogen-bond donors (Lipinski definition) is 1. The van der Waals surface area contributed by atoms with Crippen LogP contribution in [-0.4, -0.2) is 23.7 Å². The summed E-state index contributed by atoms with van der Waals surface area (Å²) in [5, 5.41) is 0.790. The minimum Gasteiger partial charge on any atom is -0.285 e. The van der Waals surface area contributed by atoms with Gasteiger partial charge in [0.25, 0.3) is 10.1 Å². The maximum Gasteiger partial charge on any atom is 0.270 e. The SMILES string of the molecule is CCCSc1cccc(CS(=O)(=O)O)n1. The molecular formula is C9H13NO3S2. The Kier molecular flexibility index (Phi) is 4.56. The summed E-state index contributed by atoms with van der Waals surface area (Å²) in [6, 6.07) is 5.16. The molecule has 6 heteroatoms. The fraction of sp³-hybridized carbons (Fsp3) is 0.444. The van der Waals surface area contributed by atoms with Crippen molar-refractivity contribution in [2.24, 2.45) is 0 Å². The van der Waals surface area contributed by atoms with Gasteiger partial charge in [-0.2, -0.15) is 8.42 Å². The number of aromatic nitrogens is 1. The molecule has 0 saturated heterocycles. The fourth-order valence-electron chi connectivity index (χ4n) is 1.01. The molecule has 1 rings (SSSR count). The molecule has 1 N–H and O–H groups in total. The van der Waals surface area contributed by atoms with Crippen LogP contribution in [-0.2, 0) is 15.9 Å². The Hall–Kier alpha value is -0.590. The van der Waals surface area contributed by atoms with Crippen LogP contribution in [0.15, 0.2) is 23.2 Å². The number of hydrogen-bond acceptors (Lipinski definition) is 4. The van der Waals surface area contributed by atoms with Crippen molar-refractivity contribution >= 4 is 21.9 Å². The minimum absolute atomic E-state index is 0.374. The first-order chi connectivity index (χ1) is 7.01. The van der Waals surface area contributed by atoms with Crippen LogP contribution in [0, 0.1) is 0 Å². The highest BCUT2D eigenvalue weighted by Crippen LogP contribution is 2.16. The molecule has 0 amide bonds. The maximum atomic E-state index is 10.6. The van der Waals surface area contributed by atoms with Gasteiger partial charge in [0, 0.05) is 0 Å². The van der Waals surface area contributed by atoms with E-state index in [4.69, 9.17) is 4.55 Å². The molecule has 0 saturated carbocycles.